The van der Waals surface area contributed by atoms with Gasteiger partial charge in [0.1, 0.15) is 5.82 Å². The van der Waals surface area contributed by atoms with Crippen LogP contribution in [0.3, 0.4) is 0 Å². The van der Waals surface area contributed by atoms with Gasteiger partial charge in [-0.15, -0.1) is 21.5 Å². The van der Waals surface area contributed by atoms with Crippen LogP contribution in [0.5, 0.6) is 0 Å². The number of amides is 1. The molecule has 158 valence electrons. The molecule has 4 rings (SSSR count). The molecule has 6 nitrogen and oxygen atoms in total. The van der Waals surface area contributed by atoms with E-state index in [0.29, 0.717) is 26.8 Å². The van der Waals surface area contributed by atoms with Crippen molar-refractivity contribution in [3.05, 3.63) is 64.8 Å². The summed E-state index contributed by atoms with van der Waals surface area (Å²) in [6, 6.07) is 13.4. The molecular weight excluding hydrogens is 457 g/mol. The van der Waals surface area contributed by atoms with Crippen molar-refractivity contribution >= 4 is 45.7 Å². The summed E-state index contributed by atoms with van der Waals surface area (Å²) in [5, 5.41) is 14.4. The molecule has 10 heteroatoms. The molecule has 2 aromatic heterocycles. The highest BCUT2D eigenvalue weighted by molar-refractivity contribution is 8.00. The first-order valence-electron chi connectivity index (χ1n) is 9.25. The fourth-order valence-corrected chi connectivity index (χ4v) is 4.43. The predicted octanol–water partition coefficient (Wildman–Crippen LogP) is 5.52. The number of carbonyl (C=O) groups is 1. The fraction of sp³-hybridized carbons (Fsp3) is 0.143. The third-order valence-corrected chi connectivity index (χ3v) is 6.61. The van der Waals surface area contributed by atoms with Crippen molar-refractivity contribution in [3.63, 3.8) is 0 Å². The molecule has 2 aromatic carbocycles. The smallest absolute Gasteiger partial charge is 0.239 e. The molecule has 0 saturated heterocycles. The number of rotatable bonds is 6. The average Bonchev–Trinajstić information content (AvgIpc) is 3.36. The molecule has 0 bridgehead atoms. The minimum absolute atomic E-state index is 0.193. The van der Waals surface area contributed by atoms with Gasteiger partial charge in [0, 0.05) is 28.6 Å². The van der Waals surface area contributed by atoms with Gasteiger partial charge in [0.25, 0.3) is 0 Å². The van der Waals surface area contributed by atoms with Gasteiger partial charge in [-0.3, -0.25) is 4.79 Å². The molecule has 0 aliphatic carbocycles. The summed E-state index contributed by atoms with van der Waals surface area (Å²) in [5.41, 5.74) is 2.36. The van der Waals surface area contributed by atoms with Crippen molar-refractivity contribution in [1.29, 1.82) is 0 Å². The molecule has 4 aromatic rings. The van der Waals surface area contributed by atoms with E-state index in [1.807, 2.05) is 29.1 Å². The van der Waals surface area contributed by atoms with E-state index in [4.69, 9.17) is 11.6 Å². The Bertz CT molecular complexity index is 1210. The third kappa shape index (κ3) is 4.95. The van der Waals surface area contributed by atoms with E-state index in [1.165, 1.54) is 35.2 Å². The minimum atomic E-state index is -0.417. The highest BCUT2D eigenvalue weighted by atomic mass is 35.5. The number of hydrogen-bond donors (Lipinski definition) is 1. The monoisotopic (exact) mass is 473 g/mol. The Morgan fingerprint density at radius 1 is 1.13 bits per heavy atom. The van der Waals surface area contributed by atoms with Gasteiger partial charge in [0.05, 0.1) is 10.9 Å². The maximum atomic E-state index is 13.1. The number of benzene rings is 2. The maximum absolute atomic E-state index is 13.1. The number of aromatic nitrogens is 4. The van der Waals surface area contributed by atoms with Crippen molar-refractivity contribution in [2.45, 2.75) is 17.3 Å². The summed E-state index contributed by atoms with van der Waals surface area (Å²) in [6.45, 7) is 1.80. The first-order valence-corrected chi connectivity index (χ1v) is 11.4. The number of anilines is 1. The second-order valence-corrected chi connectivity index (χ2v) is 9.27. The molecule has 0 aliphatic heterocycles. The number of hydrogen-bond acceptors (Lipinski definition) is 6. The summed E-state index contributed by atoms with van der Waals surface area (Å²) in [7, 11) is 1.85. The minimum Gasteiger partial charge on any atom is -0.305 e. The average molecular weight is 474 g/mol. The van der Waals surface area contributed by atoms with Gasteiger partial charge in [-0.25, -0.2) is 9.37 Å². The summed E-state index contributed by atoms with van der Waals surface area (Å²) in [4.78, 5) is 17.1. The first kappa shape index (κ1) is 21.5. The van der Waals surface area contributed by atoms with Crippen LogP contribution in [0.15, 0.2) is 59.1 Å². The lowest BCUT2D eigenvalue weighted by Gasteiger charge is -2.10. The first-order chi connectivity index (χ1) is 14.9. The standard InChI is InChI=1S/C21H17ClFN5OS2/c1-12(31-21-27-26-18(28(21)2)14-3-7-15(22)8-4-14)19(29)25-20-24-17(11-30-20)13-5-9-16(23)10-6-13/h3-12H,1-2H3,(H,24,25,29). The van der Waals surface area contributed by atoms with Crippen LogP contribution in [0.1, 0.15) is 6.92 Å². The highest BCUT2D eigenvalue weighted by Gasteiger charge is 2.20. The van der Waals surface area contributed by atoms with Gasteiger partial charge >= 0.3 is 0 Å². The van der Waals surface area contributed by atoms with E-state index in [2.05, 4.69) is 20.5 Å². The molecule has 0 spiro atoms. The number of carbonyl (C=O) groups excluding carboxylic acids is 1. The Labute approximate surface area is 191 Å². The van der Waals surface area contributed by atoms with E-state index in [-0.39, 0.29) is 11.7 Å². The molecule has 1 unspecified atom stereocenters. The van der Waals surface area contributed by atoms with E-state index in [0.717, 1.165) is 11.1 Å². The predicted molar refractivity (Wildman–Crippen MR) is 123 cm³/mol. The van der Waals surface area contributed by atoms with Crippen molar-refractivity contribution in [3.8, 4) is 22.6 Å². The van der Waals surface area contributed by atoms with E-state index in [1.54, 1.807) is 31.2 Å². The lowest BCUT2D eigenvalue weighted by atomic mass is 10.2. The van der Waals surface area contributed by atoms with Crippen LogP contribution in [-0.2, 0) is 11.8 Å². The molecule has 1 N–H and O–H groups in total. The summed E-state index contributed by atoms with van der Waals surface area (Å²) >= 11 is 8.57. The van der Waals surface area contributed by atoms with Crippen molar-refractivity contribution in [2.24, 2.45) is 7.05 Å². The Balaban J connectivity index is 1.41. The maximum Gasteiger partial charge on any atom is 0.239 e. The molecule has 1 amide bonds. The summed E-state index contributed by atoms with van der Waals surface area (Å²) in [5.74, 6) is 0.193. The van der Waals surface area contributed by atoms with Gasteiger partial charge in [0.15, 0.2) is 16.1 Å². The number of nitrogens with zero attached hydrogens (tertiary/aromatic N) is 4. The van der Waals surface area contributed by atoms with Gasteiger partial charge in [-0.2, -0.15) is 0 Å². The van der Waals surface area contributed by atoms with E-state index in [9.17, 15) is 9.18 Å². The molecular formula is C21H17ClFN5OS2. The van der Waals surface area contributed by atoms with Crippen LogP contribution in [0.25, 0.3) is 22.6 Å². The van der Waals surface area contributed by atoms with Crippen molar-refractivity contribution in [2.75, 3.05) is 5.32 Å². The number of halogens is 2. The second kappa shape index (κ2) is 9.17. The van der Waals surface area contributed by atoms with Crippen LogP contribution >= 0.6 is 34.7 Å². The zero-order valence-electron chi connectivity index (χ0n) is 16.5. The largest absolute Gasteiger partial charge is 0.305 e. The molecule has 0 saturated carbocycles. The SMILES string of the molecule is CC(Sc1nnc(-c2ccc(Cl)cc2)n1C)C(=O)Nc1nc(-c2ccc(F)cc2)cs1. The lowest BCUT2D eigenvalue weighted by Crippen LogP contribution is -2.22. The third-order valence-electron chi connectivity index (χ3n) is 4.46. The van der Waals surface area contributed by atoms with Crippen LogP contribution in [0.4, 0.5) is 9.52 Å². The Morgan fingerprint density at radius 3 is 2.52 bits per heavy atom. The molecule has 1 atom stereocenters. The Kier molecular flexibility index (Phi) is 6.35. The van der Waals surface area contributed by atoms with Crippen molar-refractivity contribution in [1.82, 2.24) is 19.7 Å². The second-order valence-electron chi connectivity index (χ2n) is 6.67. The van der Waals surface area contributed by atoms with E-state index < -0.39 is 5.25 Å². The van der Waals surface area contributed by atoms with Crippen molar-refractivity contribution < 1.29 is 9.18 Å². The molecule has 2 heterocycles. The van der Waals surface area contributed by atoms with Crippen LogP contribution in [0, 0.1) is 5.82 Å². The number of thioether (sulfide) groups is 1. The number of nitrogens with one attached hydrogen (secondary N) is 1. The Hall–Kier alpha value is -2.75. The van der Waals surface area contributed by atoms with Crippen LogP contribution < -0.4 is 5.32 Å². The van der Waals surface area contributed by atoms with Gasteiger partial charge in [-0.05, 0) is 55.5 Å². The normalized spacial score (nSPS) is 12.0. The van der Waals surface area contributed by atoms with Crippen LogP contribution in [-0.4, -0.2) is 30.9 Å². The molecule has 0 aliphatic rings. The topological polar surface area (TPSA) is 72.7 Å². The van der Waals surface area contributed by atoms with Gasteiger partial charge in [0.2, 0.25) is 5.91 Å². The zero-order valence-corrected chi connectivity index (χ0v) is 18.9. The fourth-order valence-electron chi connectivity index (χ4n) is 2.77. The molecule has 0 radical (unpaired) electrons. The molecule has 31 heavy (non-hydrogen) atoms. The molecule has 0 fully saturated rings. The Morgan fingerprint density at radius 2 is 1.81 bits per heavy atom. The van der Waals surface area contributed by atoms with Crippen LogP contribution in [0.2, 0.25) is 5.02 Å². The van der Waals surface area contributed by atoms with Gasteiger partial charge in [-0.1, -0.05) is 23.4 Å². The van der Waals surface area contributed by atoms with Gasteiger partial charge < -0.3 is 9.88 Å². The zero-order chi connectivity index (χ0) is 22.0. The number of thiazole rings is 1. The highest BCUT2D eigenvalue weighted by Crippen LogP contribution is 2.28. The summed E-state index contributed by atoms with van der Waals surface area (Å²) < 4.78 is 14.9. The summed E-state index contributed by atoms with van der Waals surface area (Å²) in [6.07, 6.45) is 0. The quantitative estimate of drug-likeness (QED) is 0.373. The van der Waals surface area contributed by atoms with E-state index >= 15 is 0 Å². The lowest BCUT2D eigenvalue weighted by molar-refractivity contribution is -0.115.